The van der Waals surface area contributed by atoms with Crippen LogP contribution in [-0.2, 0) is 10.2 Å². The number of hydrogen-bond acceptors (Lipinski definition) is 3. The Balaban J connectivity index is 2.28. The molecule has 29 heavy (non-hydrogen) atoms. The lowest BCUT2D eigenvalue weighted by atomic mass is 9.63. The van der Waals surface area contributed by atoms with E-state index in [0.717, 1.165) is 11.1 Å². The van der Waals surface area contributed by atoms with Gasteiger partial charge in [0.15, 0.2) is 0 Å². The predicted octanol–water partition coefficient (Wildman–Crippen LogP) is 5.40. The fraction of sp³-hybridized carbons (Fsp3) is 0.391. The van der Waals surface area contributed by atoms with Crippen molar-refractivity contribution in [3.05, 3.63) is 69.7 Å². The van der Waals surface area contributed by atoms with E-state index < -0.39 is 23.3 Å². The smallest absolute Gasteiger partial charge is 0.321 e. The molecule has 6 heteroatoms. The molecule has 2 N–H and O–H groups in total. The minimum Gasteiger partial charge on any atom is -0.480 e. The zero-order valence-corrected chi connectivity index (χ0v) is 18.1. The highest BCUT2D eigenvalue weighted by molar-refractivity contribution is 6.30. The van der Waals surface area contributed by atoms with E-state index in [4.69, 9.17) is 23.2 Å². The van der Waals surface area contributed by atoms with Crippen molar-refractivity contribution in [2.75, 3.05) is 0 Å². The molecule has 1 heterocycles. The van der Waals surface area contributed by atoms with E-state index in [9.17, 15) is 15.2 Å². The number of benzene rings is 2. The van der Waals surface area contributed by atoms with E-state index in [1.165, 1.54) is 0 Å². The molecule has 0 saturated carbocycles. The number of rotatable bonds is 4. The second-order valence-corrected chi connectivity index (χ2v) is 9.69. The number of carboxylic acids is 1. The van der Waals surface area contributed by atoms with Gasteiger partial charge in [0.2, 0.25) is 0 Å². The van der Waals surface area contributed by atoms with Gasteiger partial charge in [-0.25, -0.2) is 0 Å². The normalized spacial score (nSPS) is 26.8. The van der Waals surface area contributed by atoms with Crippen LogP contribution in [0.15, 0.2) is 48.5 Å². The molecule has 1 aliphatic rings. The molecule has 4 atom stereocenters. The summed E-state index contributed by atoms with van der Waals surface area (Å²) in [7, 11) is 0. The molecule has 0 amide bonds. The minimum atomic E-state index is -1.09. The second-order valence-electron chi connectivity index (χ2n) is 8.82. The van der Waals surface area contributed by atoms with Gasteiger partial charge >= 0.3 is 5.97 Å². The highest BCUT2D eigenvalue weighted by Gasteiger charge is 2.59. The van der Waals surface area contributed by atoms with Gasteiger partial charge in [-0.15, -0.1) is 0 Å². The Morgan fingerprint density at radius 3 is 2.34 bits per heavy atom. The van der Waals surface area contributed by atoms with Crippen molar-refractivity contribution in [2.24, 2.45) is 5.41 Å². The van der Waals surface area contributed by atoms with Crippen molar-refractivity contribution in [3.8, 4) is 6.07 Å². The molecule has 0 spiro atoms. The van der Waals surface area contributed by atoms with Crippen LogP contribution in [-0.4, -0.2) is 23.2 Å². The summed E-state index contributed by atoms with van der Waals surface area (Å²) < 4.78 is 0. The fourth-order valence-electron chi connectivity index (χ4n) is 4.44. The lowest BCUT2D eigenvalue weighted by Gasteiger charge is -2.37. The summed E-state index contributed by atoms with van der Waals surface area (Å²) in [6, 6.07) is 15.5. The van der Waals surface area contributed by atoms with E-state index in [2.05, 4.69) is 32.2 Å². The van der Waals surface area contributed by atoms with Crippen LogP contribution in [0.1, 0.15) is 44.2 Å². The van der Waals surface area contributed by atoms with Crippen LogP contribution in [0, 0.1) is 16.7 Å². The zero-order chi connectivity index (χ0) is 21.4. The van der Waals surface area contributed by atoms with Crippen molar-refractivity contribution in [2.45, 2.75) is 50.6 Å². The molecule has 0 aromatic heterocycles. The number of nitrogens with one attached hydrogen (secondary N) is 1. The first-order chi connectivity index (χ1) is 13.6. The summed E-state index contributed by atoms with van der Waals surface area (Å²) >= 11 is 12.3. The summed E-state index contributed by atoms with van der Waals surface area (Å²) in [5.41, 5.74) is 0.273. The second kappa shape index (κ2) is 7.99. The summed E-state index contributed by atoms with van der Waals surface area (Å²) in [6.45, 7) is 6.25. The first-order valence-electron chi connectivity index (χ1n) is 9.50. The molecular weight excluding hydrogens is 407 g/mol. The molecule has 4 nitrogen and oxygen atoms in total. The summed E-state index contributed by atoms with van der Waals surface area (Å²) in [4.78, 5) is 12.2. The third kappa shape index (κ3) is 4.14. The average molecular weight is 431 g/mol. The SMILES string of the molecule is CC(C)(C)C[C@H]1NC(C(=O)O)[C@H](c2cccc(Cl)c2)[C@@]1(C#N)c1ccc(Cl)cc1. The lowest BCUT2D eigenvalue weighted by molar-refractivity contribution is -0.139. The Kier molecular flexibility index (Phi) is 5.96. The zero-order valence-electron chi connectivity index (χ0n) is 16.6. The molecule has 1 saturated heterocycles. The Bertz CT molecular complexity index is 947. The number of carboxylic acid groups (broad SMARTS) is 1. The van der Waals surface area contributed by atoms with E-state index in [1.54, 1.807) is 30.3 Å². The van der Waals surface area contributed by atoms with Crippen LogP contribution in [0.3, 0.4) is 0 Å². The number of aliphatic carboxylic acids is 1. The van der Waals surface area contributed by atoms with Crippen molar-refractivity contribution in [1.82, 2.24) is 5.32 Å². The van der Waals surface area contributed by atoms with Crippen molar-refractivity contribution in [1.29, 1.82) is 5.26 Å². The number of halogens is 2. The topological polar surface area (TPSA) is 73.1 Å². The molecular formula is C23H24Cl2N2O2. The molecule has 0 aliphatic carbocycles. The molecule has 2 aromatic carbocycles. The van der Waals surface area contributed by atoms with Gasteiger partial charge in [0.05, 0.1) is 6.07 Å². The van der Waals surface area contributed by atoms with Crippen molar-refractivity contribution in [3.63, 3.8) is 0 Å². The van der Waals surface area contributed by atoms with Gasteiger partial charge in [0.1, 0.15) is 11.5 Å². The van der Waals surface area contributed by atoms with E-state index in [0.29, 0.717) is 16.5 Å². The minimum absolute atomic E-state index is 0.113. The van der Waals surface area contributed by atoms with Gasteiger partial charge in [0.25, 0.3) is 0 Å². The largest absolute Gasteiger partial charge is 0.480 e. The molecule has 1 aliphatic heterocycles. The maximum atomic E-state index is 12.2. The highest BCUT2D eigenvalue weighted by atomic mass is 35.5. The van der Waals surface area contributed by atoms with Gasteiger partial charge in [-0.1, -0.05) is 68.2 Å². The maximum Gasteiger partial charge on any atom is 0.321 e. The number of nitriles is 1. The lowest BCUT2D eigenvalue weighted by Crippen LogP contribution is -2.44. The predicted molar refractivity (Wildman–Crippen MR) is 115 cm³/mol. The third-order valence-electron chi connectivity index (χ3n) is 5.55. The Hall–Kier alpha value is -2.06. The quantitative estimate of drug-likeness (QED) is 0.680. The van der Waals surface area contributed by atoms with Crippen LogP contribution in [0.5, 0.6) is 0 Å². The van der Waals surface area contributed by atoms with Crippen LogP contribution >= 0.6 is 23.2 Å². The van der Waals surface area contributed by atoms with Crippen LogP contribution in [0.2, 0.25) is 10.0 Å². The molecule has 152 valence electrons. The van der Waals surface area contributed by atoms with Crippen LogP contribution in [0.4, 0.5) is 0 Å². The van der Waals surface area contributed by atoms with Crippen LogP contribution < -0.4 is 5.32 Å². The summed E-state index contributed by atoms with van der Waals surface area (Å²) in [6.07, 6.45) is 0.629. The van der Waals surface area contributed by atoms with Gasteiger partial charge in [0, 0.05) is 22.0 Å². The molecule has 3 rings (SSSR count). The molecule has 2 aromatic rings. The molecule has 1 unspecified atom stereocenters. The Morgan fingerprint density at radius 1 is 1.17 bits per heavy atom. The molecule has 1 fully saturated rings. The summed E-state index contributed by atoms with van der Waals surface area (Å²) in [5, 5.41) is 24.9. The van der Waals surface area contributed by atoms with Gasteiger partial charge < -0.3 is 5.11 Å². The van der Waals surface area contributed by atoms with Gasteiger partial charge in [-0.3, -0.25) is 10.1 Å². The van der Waals surface area contributed by atoms with Crippen molar-refractivity contribution < 1.29 is 9.90 Å². The Morgan fingerprint density at radius 2 is 1.83 bits per heavy atom. The van der Waals surface area contributed by atoms with Gasteiger partial charge in [-0.2, -0.15) is 5.26 Å². The standard InChI is InChI=1S/C23H24Cl2N2O2/c1-22(2,3)12-18-23(13-26,15-7-9-16(24)10-8-15)19(20(27-18)21(28)29)14-5-4-6-17(25)11-14/h4-11,18-20,27H,12H2,1-3H3,(H,28,29)/t18-,19+,20?,23+/m1/s1. The first-order valence-corrected chi connectivity index (χ1v) is 10.3. The highest BCUT2D eigenvalue weighted by Crippen LogP contribution is 2.51. The fourth-order valence-corrected chi connectivity index (χ4v) is 4.77. The number of nitrogens with zero attached hydrogens (tertiary/aromatic N) is 1. The molecule has 0 bridgehead atoms. The van der Waals surface area contributed by atoms with Crippen molar-refractivity contribution >= 4 is 29.2 Å². The first kappa shape index (κ1) is 21.6. The van der Waals surface area contributed by atoms with E-state index in [1.807, 2.05) is 18.2 Å². The van der Waals surface area contributed by atoms with E-state index >= 15 is 0 Å². The van der Waals surface area contributed by atoms with Crippen LogP contribution in [0.25, 0.3) is 0 Å². The van der Waals surface area contributed by atoms with Gasteiger partial charge in [-0.05, 0) is 47.2 Å². The molecule has 0 radical (unpaired) electrons. The van der Waals surface area contributed by atoms with E-state index in [-0.39, 0.29) is 11.5 Å². The number of carbonyl (C=O) groups is 1. The summed E-state index contributed by atoms with van der Waals surface area (Å²) in [5.74, 6) is -1.60. The Labute approximate surface area is 181 Å². The number of hydrogen-bond donors (Lipinski definition) is 2. The average Bonchev–Trinajstić information content (AvgIpc) is 2.96. The third-order valence-corrected chi connectivity index (χ3v) is 6.04. The monoisotopic (exact) mass is 430 g/mol. The maximum absolute atomic E-state index is 12.2.